The Hall–Kier alpha value is -2.61. The van der Waals surface area contributed by atoms with Crippen LogP contribution in [-0.2, 0) is 12.7 Å². The Bertz CT molecular complexity index is 936. The SMILES string of the molecule is CN(c1nccc(C(F)(F)F)n1)C1CCN(Cc2ccc3[nH]ccc3c2)C1. The van der Waals surface area contributed by atoms with Crippen LogP contribution in [0.5, 0.6) is 0 Å². The van der Waals surface area contributed by atoms with Gasteiger partial charge in [-0.25, -0.2) is 9.97 Å². The summed E-state index contributed by atoms with van der Waals surface area (Å²) < 4.78 is 38.6. The van der Waals surface area contributed by atoms with Gasteiger partial charge < -0.3 is 9.88 Å². The zero-order valence-corrected chi connectivity index (χ0v) is 14.9. The number of aromatic amines is 1. The topological polar surface area (TPSA) is 48.1 Å². The lowest BCUT2D eigenvalue weighted by Crippen LogP contribution is -2.35. The molecular weight excluding hydrogens is 355 g/mol. The molecular formula is C19H20F3N5. The fourth-order valence-corrected chi connectivity index (χ4v) is 3.57. The highest BCUT2D eigenvalue weighted by molar-refractivity contribution is 5.79. The second-order valence-electron chi connectivity index (χ2n) is 6.93. The lowest BCUT2D eigenvalue weighted by molar-refractivity contribution is -0.141. The highest BCUT2D eigenvalue weighted by Gasteiger charge is 2.34. The molecule has 3 heterocycles. The van der Waals surface area contributed by atoms with Crippen LogP contribution in [0.1, 0.15) is 17.7 Å². The van der Waals surface area contributed by atoms with Gasteiger partial charge in [-0.05, 0) is 41.6 Å². The van der Waals surface area contributed by atoms with Crippen molar-refractivity contribution < 1.29 is 13.2 Å². The summed E-state index contributed by atoms with van der Waals surface area (Å²) in [5.41, 5.74) is 1.43. The summed E-state index contributed by atoms with van der Waals surface area (Å²) in [4.78, 5) is 15.0. The number of aromatic nitrogens is 3. The summed E-state index contributed by atoms with van der Waals surface area (Å²) in [5.74, 6) is 0.116. The van der Waals surface area contributed by atoms with Crippen molar-refractivity contribution in [2.75, 3.05) is 25.0 Å². The first kappa shape index (κ1) is 17.8. The Morgan fingerprint density at radius 1 is 1.26 bits per heavy atom. The van der Waals surface area contributed by atoms with Crippen molar-refractivity contribution in [1.82, 2.24) is 19.9 Å². The number of hydrogen-bond donors (Lipinski definition) is 1. The van der Waals surface area contributed by atoms with E-state index in [4.69, 9.17) is 0 Å². The van der Waals surface area contributed by atoms with Gasteiger partial charge >= 0.3 is 6.18 Å². The minimum absolute atomic E-state index is 0.0875. The lowest BCUT2D eigenvalue weighted by Gasteiger charge is -2.25. The number of fused-ring (bicyclic) bond motifs is 1. The molecule has 1 unspecified atom stereocenters. The first-order valence-electron chi connectivity index (χ1n) is 8.81. The molecule has 0 bridgehead atoms. The minimum atomic E-state index is -4.46. The highest BCUT2D eigenvalue weighted by atomic mass is 19.4. The number of nitrogens with one attached hydrogen (secondary N) is 1. The van der Waals surface area contributed by atoms with Gasteiger partial charge in [-0.2, -0.15) is 13.2 Å². The molecule has 1 aromatic carbocycles. The summed E-state index contributed by atoms with van der Waals surface area (Å²) in [6.07, 6.45) is -0.509. The van der Waals surface area contributed by atoms with Gasteiger partial charge in [0.1, 0.15) is 5.69 Å². The number of H-pyrrole nitrogens is 1. The summed E-state index contributed by atoms with van der Waals surface area (Å²) in [6, 6.07) is 9.37. The first-order chi connectivity index (χ1) is 12.9. The van der Waals surface area contributed by atoms with Gasteiger partial charge in [0.05, 0.1) is 0 Å². The quantitative estimate of drug-likeness (QED) is 0.756. The van der Waals surface area contributed by atoms with Gasteiger partial charge in [-0.15, -0.1) is 0 Å². The Morgan fingerprint density at radius 3 is 2.93 bits per heavy atom. The van der Waals surface area contributed by atoms with Gasteiger partial charge in [0.2, 0.25) is 5.95 Å². The van der Waals surface area contributed by atoms with Crippen molar-refractivity contribution in [2.24, 2.45) is 0 Å². The van der Waals surface area contributed by atoms with Gasteiger partial charge in [0.15, 0.2) is 0 Å². The summed E-state index contributed by atoms with van der Waals surface area (Å²) in [5, 5.41) is 1.18. The number of anilines is 1. The number of alkyl halides is 3. The van der Waals surface area contributed by atoms with Crippen LogP contribution in [0.4, 0.5) is 19.1 Å². The third-order valence-corrected chi connectivity index (χ3v) is 5.07. The maximum absolute atomic E-state index is 12.9. The largest absolute Gasteiger partial charge is 0.433 e. The molecule has 1 atom stereocenters. The zero-order chi connectivity index (χ0) is 19.0. The van der Waals surface area contributed by atoms with Gasteiger partial charge in [-0.1, -0.05) is 6.07 Å². The van der Waals surface area contributed by atoms with Crippen LogP contribution >= 0.6 is 0 Å². The second kappa shape index (κ2) is 6.84. The van der Waals surface area contributed by atoms with Gasteiger partial charge in [0, 0.05) is 50.6 Å². The molecule has 0 amide bonds. The number of nitrogens with zero attached hydrogens (tertiary/aromatic N) is 4. The fraction of sp³-hybridized carbons (Fsp3) is 0.368. The molecule has 0 aliphatic carbocycles. The maximum Gasteiger partial charge on any atom is 0.433 e. The summed E-state index contributed by atoms with van der Waals surface area (Å²) in [7, 11) is 1.76. The van der Waals surface area contributed by atoms with E-state index in [0.717, 1.165) is 37.6 Å². The van der Waals surface area contributed by atoms with Crippen molar-refractivity contribution in [3.05, 3.63) is 54.0 Å². The maximum atomic E-state index is 12.9. The number of hydrogen-bond acceptors (Lipinski definition) is 4. The molecule has 0 spiro atoms. The predicted octanol–water partition coefficient (Wildman–Crippen LogP) is 3.69. The number of benzene rings is 1. The van der Waals surface area contributed by atoms with E-state index in [0.29, 0.717) is 0 Å². The molecule has 1 aliphatic heterocycles. The van der Waals surface area contributed by atoms with Crippen LogP contribution in [0.3, 0.4) is 0 Å². The lowest BCUT2D eigenvalue weighted by atomic mass is 10.1. The smallest absolute Gasteiger partial charge is 0.361 e. The second-order valence-corrected chi connectivity index (χ2v) is 6.93. The highest BCUT2D eigenvalue weighted by Crippen LogP contribution is 2.29. The van der Waals surface area contributed by atoms with E-state index in [9.17, 15) is 13.2 Å². The monoisotopic (exact) mass is 375 g/mol. The normalized spacial score (nSPS) is 18.3. The summed E-state index contributed by atoms with van der Waals surface area (Å²) >= 11 is 0. The Morgan fingerprint density at radius 2 is 2.11 bits per heavy atom. The molecule has 27 heavy (non-hydrogen) atoms. The van der Waals surface area contributed by atoms with Gasteiger partial charge in [-0.3, -0.25) is 4.90 Å². The van der Waals surface area contributed by atoms with Crippen LogP contribution in [0.25, 0.3) is 10.9 Å². The number of likely N-dealkylation sites (N-methyl/N-ethyl adjacent to an activating group) is 1. The summed E-state index contributed by atoms with van der Waals surface area (Å²) in [6.45, 7) is 2.47. The molecule has 5 nitrogen and oxygen atoms in total. The third kappa shape index (κ3) is 3.75. The van der Waals surface area contributed by atoms with Crippen LogP contribution in [-0.4, -0.2) is 46.0 Å². The van der Waals surface area contributed by atoms with Crippen molar-refractivity contribution in [2.45, 2.75) is 25.2 Å². The molecule has 1 aliphatic rings. The average Bonchev–Trinajstić information content (AvgIpc) is 3.29. The molecule has 0 radical (unpaired) electrons. The Kier molecular flexibility index (Phi) is 4.51. The first-order valence-corrected chi connectivity index (χ1v) is 8.81. The van der Waals surface area contributed by atoms with E-state index < -0.39 is 11.9 Å². The molecule has 142 valence electrons. The van der Waals surface area contributed by atoms with Crippen LogP contribution < -0.4 is 4.90 Å². The minimum Gasteiger partial charge on any atom is -0.361 e. The Balaban J connectivity index is 1.43. The van der Waals surface area contributed by atoms with Crippen LogP contribution in [0, 0.1) is 0 Å². The predicted molar refractivity (Wildman–Crippen MR) is 97.4 cm³/mol. The van der Waals surface area contributed by atoms with Gasteiger partial charge in [0.25, 0.3) is 0 Å². The van der Waals surface area contributed by atoms with Crippen molar-refractivity contribution in [1.29, 1.82) is 0 Å². The molecule has 1 saturated heterocycles. The number of rotatable bonds is 4. The molecule has 2 aromatic heterocycles. The average molecular weight is 375 g/mol. The fourth-order valence-electron chi connectivity index (χ4n) is 3.57. The van der Waals surface area contributed by atoms with E-state index in [-0.39, 0.29) is 12.0 Å². The molecule has 4 rings (SSSR count). The molecule has 1 fully saturated rings. The standard InChI is InChI=1S/C19H20F3N5/c1-26(18-24-8-5-17(25-18)19(20,21)22)15-6-9-27(12-15)11-13-2-3-16-14(10-13)4-7-23-16/h2-5,7-8,10,15,23H,6,9,11-12H2,1H3. The van der Waals surface area contributed by atoms with Crippen LogP contribution in [0.15, 0.2) is 42.7 Å². The Labute approximate surface area is 154 Å². The van der Waals surface area contributed by atoms with Crippen molar-refractivity contribution in [3.8, 4) is 0 Å². The van der Waals surface area contributed by atoms with E-state index in [1.165, 1.54) is 17.1 Å². The van der Waals surface area contributed by atoms with E-state index in [2.05, 4.69) is 38.1 Å². The van der Waals surface area contributed by atoms with Crippen molar-refractivity contribution >= 4 is 16.9 Å². The van der Waals surface area contributed by atoms with Crippen LogP contribution in [0.2, 0.25) is 0 Å². The molecule has 1 N–H and O–H groups in total. The number of likely N-dealkylation sites (tertiary alicyclic amines) is 1. The zero-order valence-electron chi connectivity index (χ0n) is 14.9. The third-order valence-electron chi connectivity index (χ3n) is 5.07. The molecule has 8 heteroatoms. The van der Waals surface area contributed by atoms with Crippen molar-refractivity contribution in [3.63, 3.8) is 0 Å². The van der Waals surface area contributed by atoms with E-state index in [1.807, 2.05) is 12.3 Å². The number of halogens is 3. The van der Waals surface area contributed by atoms with E-state index >= 15 is 0 Å². The van der Waals surface area contributed by atoms with E-state index in [1.54, 1.807) is 11.9 Å². The molecule has 3 aromatic rings. The molecule has 0 saturated carbocycles.